The molecule has 25 heavy (non-hydrogen) atoms. The molecular weight excluding hydrogens is 337 g/mol. The van der Waals surface area contributed by atoms with Gasteiger partial charge in [-0.15, -0.1) is 0 Å². The molecule has 0 radical (unpaired) electrons. The second kappa shape index (κ2) is 11.7. The van der Waals surface area contributed by atoms with E-state index >= 15 is 0 Å². The van der Waals surface area contributed by atoms with Gasteiger partial charge in [-0.2, -0.15) is 14.7 Å². The summed E-state index contributed by atoms with van der Waals surface area (Å²) in [5.41, 5.74) is 7.35. The van der Waals surface area contributed by atoms with Crippen LogP contribution < -0.4 is 5.73 Å². The molecule has 0 aliphatic carbocycles. The SMILES string of the molecule is CCCCCCCCc1ccc(CC[C@H](N)CC(=O)[P+](O)(O)O)cc1. The van der Waals surface area contributed by atoms with E-state index in [1.54, 1.807) is 0 Å². The lowest BCUT2D eigenvalue weighted by molar-refractivity contribution is -0.114. The third kappa shape index (κ3) is 10.0. The van der Waals surface area contributed by atoms with Gasteiger partial charge in [0.05, 0.1) is 6.42 Å². The number of carbonyl (C=O) groups excluding carboxylic acids is 1. The molecule has 0 heterocycles. The van der Waals surface area contributed by atoms with Crippen molar-refractivity contribution in [2.24, 2.45) is 5.73 Å². The lowest BCUT2D eigenvalue weighted by Gasteiger charge is -2.11. The summed E-state index contributed by atoms with van der Waals surface area (Å²) in [6.07, 6.45) is 9.96. The Bertz CT molecular complexity index is 499. The number of nitrogens with two attached hydrogens (primary N) is 1. The molecule has 1 atom stereocenters. The number of aryl methyl sites for hydroxylation is 2. The average molecular weight is 370 g/mol. The molecule has 0 saturated heterocycles. The van der Waals surface area contributed by atoms with Crippen molar-refractivity contribution in [2.45, 2.75) is 77.2 Å². The topological polar surface area (TPSA) is 104 Å². The van der Waals surface area contributed by atoms with E-state index < -0.39 is 19.5 Å². The van der Waals surface area contributed by atoms with Gasteiger partial charge in [-0.05, 0) is 36.8 Å². The fraction of sp³-hybridized carbons (Fsp3) is 0.632. The third-order valence-corrected chi connectivity index (χ3v) is 5.27. The van der Waals surface area contributed by atoms with Crippen LogP contribution >= 0.6 is 7.94 Å². The van der Waals surface area contributed by atoms with E-state index in [2.05, 4.69) is 31.2 Å². The summed E-state index contributed by atoms with van der Waals surface area (Å²) in [5, 5.41) is 0. The Kier molecular flexibility index (Phi) is 10.4. The predicted molar refractivity (Wildman–Crippen MR) is 103 cm³/mol. The molecule has 0 unspecified atom stereocenters. The molecule has 0 aromatic heterocycles. The predicted octanol–water partition coefficient (Wildman–Crippen LogP) is 3.51. The summed E-state index contributed by atoms with van der Waals surface area (Å²) in [5.74, 6) is 0. The molecule has 6 heteroatoms. The Morgan fingerprint density at radius 1 is 0.960 bits per heavy atom. The second-order valence-corrected chi connectivity index (χ2v) is 8.43. The minimum atomic E-state index is -4.40. The smallest absolute Gasteiger partial charge is 0.327 e. The number of benzene rings is 1. The van der Waals surface area contributed by atoms with Crippen molar-refractivity contribution in [3.63, 3.8) is 0 Å². The molecule has 0 amide bonds. The second-order valence-electron chi connectivity index (χ2n) is 6.80. The summed E-state index contributed by atoms with van der Waals surface area (Å²) >= 11 is 0. The largest absolute Gasteiger partial charge is 0.478 e. The summed E-state index contributed by atoms with van der Waals surface area (Å²) < 4.78 is 0. The standard InChI is InChI=1S/C19H33NO4P/c1-2-3-4-5-6-7-8-16-9-11-17(12-10-16)13-14-18(20)15-19(21)25(22,23)24/h9-12,18,22-24H,2-8,13-15,20H2,1H3/q+1/t18-/m0/s1. The van der Waals surface area contributed by atoms with Crippen LogP contribution in [0.5, 0.6) is 0 Å². The van der Waals surface area contributed by atoms with Gasteiger partial charge in [-0.25, -0.2) is 4.79 Å². The number of unbranched alkanes of at least 4 members (excludes halogenated alkanes) is 5. The molecule has 5 N–H and O–H groups in total. The van der Waals surface area contributed by atoms with Crippen molar-refractivity contribution in [1.29, 1.82) is 0 Å². The van der Waals surface area contributed by atoms with Gasteiger partial charge in [-0.3, -0.25) is 0 Å². The quantitative estimate of drug-likeness (QED) is 0.314. The van der Waals surface area contributed by atoms with Crippen molar-refractivity contribution in [1.82, 2.24) is 0 Å². The van der Waals surface area contributed by atoms with Gasteiger partial charge in [0.2, 0.25) is 0 Å². The maximum atomic E-state index is 11.3. The van der Waals surface area contributed by atoms with E-state index in [-0.39, 0.29) is 6.42 Å². The normalized spacial score (nSPS) is 13.0. The Hall–Kier alpha value is -0.840. The highest BCUT2D eigenvalue weighted by Crippen LogP contribution is 2.46. The summed E-state index contributed by atoms with van der Waals surface area (Å²) in [6, 6.07) is 7.97. The zero-order valence-corrected chi connectivity index (χ0v) is 16.1. The highest BCUT2D eigenvalue weighted by molar-refractivity contribution is 7.76. The maximum Gasteiger partial charge on any atom is 0.478 e. The van der Waals surface area contributed by atoms with Gasteiger partial charge in [0.1, 0.15) is 0 Å². The molecule has 142 valence electrons. The zero-order chi connectivity index (χ0) is 18.7. The van der Waals surface area contributed by atoms with Crippen LogP contribution in [0.2, 0.25) is 0 Å². The minimum Gasteiger partial charge on any atom is -0.327 e. The molecular formula is C19H33NO4P+. The highest BCUT2D eigenvalue weighted by Gasteiger charge is 2.42. The van der Waals surface area contributed by atoms with E-state index in [0.717, 1.165) is 18.4 Å². The van der Waals surface area contributed by atoms with E-state index in [9.17, 15) is 4.79 Å². The van der Waals surface area contributed by atoms with Gasteiger partial charge in [0, 0.05) is 6.04 Å². The Morgan fingerprint density at radius 3 is 2.04 bits per heavy atom. The van der Waals surface area contributed by atoms with Crippen LogP contribution in [0.4, 0.5) is 0 Å². The van der Waals surface area contributed by atoms with Gasteiger partial charge < -0.3 is 5.73 Å². The molecule has 1 aromatic carbocycles. The average Bonchev–Trinajstić information content (AvgIpc) is 2.56. The van der Waals surface area contributed by atoms with Crippen LogP contribution in [-0.4, -0.2) is 26.2 Å². The molecule has 0 bridgehead atoms. The van der Waals surface area contributed by atoms with Crippen molar-refractivity contribution in [2.75, 3.05) is 0 Å². The molecule has 1 aromatic rings. The maximum absolute atomic E-state index is 11.3. The number of hydrogen-bond acceptors (Lipinski definition) is 5. The Morgan fingerprint density at radius 2 is 1.48 bits per heavy atom. The lowest BCUT2D eigenvalue weighted by Crippen LogP contribution is -2.25. The fourth-order valence-corrected chi connectivity index (χ4v) is 3.26. The number of hydrogen-bond donors (Lipinski definition) is 4. The first-order valence-electron chi connectivity index (χ1n) is 9.27. The first kappa shape index (κ1) is 22.2. The van der Waals surface area contributed by atoms with Crippen LogP contribution in [0.25, 0.3) is 0 Å². The number of rotatable bonds is 13. The van der Waals surface area contributed by atoms with Gasteiger partial charge in [0.25, 0.3) is 0 Å². The third-order valence-electron chi connectivity index (χ3n) is 4.42. The molecule has 0 aliphatic heterocycles. The lowest BCUT2D eigenvalue weighted by atomic mass is 10.0. The summed E-state index contributed by atoms with van der Waals surface area (Å²) in [4.78, 5) is 38.0. The summed E-state index contributed by atoms with van der Waals surface area (Å²) in [7, 11) is -4.40. The van der Waals surface area contributed by atoms with E-state index in [0.29, 0.717) is 6.42 Å². The van der Waals surface area contributed by atoms with Gasteiger partial charge >= 0.3 is 13.5 Å². The first-order valence-corrected chi connectivity index (χ1v) is 10.9. The van der Waals surface area contributed by atoms with Gasteiger partial charge in [0.15, 0.2) is 0 Å². The molecule has 0 spiro atoms. The minimum absolute atomic E-state index is 0.215. The molecule has 0 fully saturated rings. The van der Waals surface area contributed by atoms with Crippen molar-refractivity contribution < 1.29 is 19.5 Å². The highest BCUT2D eigenvalue weighted by atomic mass is 31.2. The van der Waals surface area contributed by atoms with Crippen molar-refractivity contribution >= 4 is 13.5 Å². The van der Waals surface area contributed by atoms with Crippen LogP contribution in [0.1, 0.15) is 69.4 Å². The fourth-order valence-electron chi connectivity index (χ4n) is 2.78. The first-order chi connectivity index (χ1) is 11.8. The molecule has 5 nitrogen and oxygen atoms in total. The van der Waals surface area contributed by atoms with Crippen LogP contribution in [0.15, 0.2) is 24.3 Å². The van der Waals surface area contributed by atoms with Gasteiger partial charge in [-0.1, -0.05) is 63.3 Å². The van der Waals surface area contributed by atoms with Crippen LogP contribution in [0, 0.1) is 0 Å². The van der Waals surface area contributed by atoms with E-state index in [1.807, 2.05) is 0 Å². The number of carbonyl (C=O) groups is 1. The Balaban J connectivity index is 2.26. The van der Waals surface area contributed by atoms with Crippen LogP contribution in [-0.2, 0) is 17.6 Å². The molecule has 1 rings (SSSR count). The molecule has 0 aliphatic rings. The van der Waals surface area contributed by atoms with Crippen LogP contribution in [0.3, 0.4) is 0 Å². The Labute approximate surface area is 151 Å². The molecule has 0 saturated carbocycles. The summed E-state index contributed by atoms with van der Waals surface area (Å²) in [6.45, 7) is 2.23. The van der Waals surface area contributed by atoms with E-state index in [1.165, 1.54) is 44.1 Å². The van der Waals surface area contributed by atoms with Crippen molar-refractivity contribution in [3.05, 3.63) is 35.4 Å². The monoisotopic (exact) mass is 370 g/mol. The zero-order valence-electron chi connectivity index (χ0n) is 15.2. The van der Waals surface area contributed by atoms with E-state index in [4.69, 9.17) is 20.4 Å². The van der Waals surface area contributed by atoms with Crippen molar-refractivity contribution in [3.8, 4) is 0 Å².